The highest BCUT2D eigenvalue weighted by Gasteiger charge is 2.31. The van der Waals surface area contributed by atoms with Gasteiger partial charge in [0.2, 0.25) is 29.5 Å². The normalized spacial score (nSPS) is 13.9. The maximum Gasteiger partial charge on any atom is 0.326 e. The molecule has 0 radical (unpaired) electrons. The van der Waals surface area contributed by atoms with E-state index in [9.17, 15) is 33.9 Å². The first-order valence-corrected chi connectivity index (χ1v) is 13.1. The number of carbonyl (C=O) groups is 6. The van der Waals surface area contributed by atoms with E-state index < -0.39 is 66.1 Å². The number of aromatic amines is 1. The predicted octanol–water partition coefficient (Wildman–Crippen LogP) is -2.15. The maximum atomic E-state index is 13.4. The average molecular weight is 575 g/mol. The van der Waals surface area contributed by atoms with E-state index in [2.05, 4.69) is 20.9 Å². The molecule has 13 N–H and O–H groups in total. The van der Waals surface area contributed by atoms with Crippen LogP contribution in [0.3, 0.4) is 0 Å². The summed E-state index contributed by atoms with van der Waals surface area (Å²) in [5, 5.41) is 17.8. The third-order valence-corrected chi connectivity index (χ3v) is 6.36. The predicted molar refractivity (Wildman–Crippen MR) is 149 cm³/mol. The van der Waals surface area contributed by atoms with E-state index in [-0.39, 0.29) is 25.7 Å². The minimum absolute atomic E-state index is 0.0333. The van der Waals surface area contributed by atoms with Crippen LogP contribution in [0, 0.1) is 0 Å². The Kier molecular flexibility index (Phi) is 12.7. The zero-order chi connectivity index (χ0) is 30.5. The number of primary amides is 2. The second kappa shape index (κ2) is 15.9. The molecular weight excluding hydrogens is 536 g/mol. The molecule has 0 bridgehead atoms. The molecule has 41 heavy (non-hydrogen) atoms. The lowest BCUT2D eigenvalue weighted by Crippen LogP contribution is -2.58. The minimum Gasteiger partial charge on any atom is -0.480 e. The van der Waals surface area contributed by atoms with E-state index in [0.29, 0.717) is 24.9 Å². The van der Waals surface area contributed by atoms with Crippen molar-refractivity contribution in [1.82, 2.24) is 20.9 Å². The number of hydrogen-bond acceptors (Lipinski definition) is 8. The van der Waals surface area contributed by atoms with Crippen LogP contribution < -0.4 is 38.9 Å². The zero-order valence-electron chi connectivity index (χ0n) is 22.6. The van der Waals surface area contributed by atoms with Crippen molar-refractivity contribution in [2.24, 2.45) is 22.9 Å². The lowest BCUT2D eigenvalue weighted by Gasteiger charge is -2.25. The fourth-order valence-electron chi connectivity index (χ4n) is 4.17. The van der Waals surface area contributed by atoms with Gasteiger partial charge in [0, 0.05) is 29.9 Å². The number of hydrogen-bond donors (Lipinski definition) is 9. The van der Waals surface area contributed by atoms with Gasteiger partial charge < -0.3 is 49.0 Å². The molecule has 1 heterocycles. The molecular formula is C26H38N8O7. The van der Waals surface area contributed by atoms with E-state index >= 15 is 0 Å². The number of aliphatic carboxylic acids is 1. The topological polar surface area (TPSA) is 279 Å². The summed E-state index contributed by atoms with van der Waals surface area (Å²) in [5.74, 6) is -5.32. The van der Waals surface area contributed by atoms with Crippen molar-refractivity contribution in [2.75, 3.05) is 6.54 Å². The van der Waals surface area contributed by atoms with E-state index in [0.717, 1.165) is 10.9 Å². The van der Waals surface area contributed by atoms with Crippen LogP contribution in [0.5, 0.6) is 0 Å². The number of carboxylic acids is 1. The first-order valence-electron chi connectivity index (χ1n) is 13.1. The molecule has 15 heteroatoms. The summed E-state index contributed by atoms with van der Waals surface area (Å²) in [5.41, 5.74) is 22.9. The standard InChI is InChI=1S/C26H38N8O7/c27-10-4-3-7-19(26(40)41)33-25(39)20(11-14-13-31-17-6-2-1-5-15(14)17)34-24(38)18(8-9-21(29)35)32-23(37)16(28)12-22(30)36/h1-2,5-6,13,16,18-20,31H,3-4,7-12,27-28H2,(H2,29,35)(H2,30,36)(H,32,37)(H,33,39)(H,34,38)(H,40,41). The van der Waals surface area contributed by atoms with Crippen LogP contribution in [0.2, 0.25) is 0 Å². The van der Waals surface area contributed by atoms with Gasteiger partial charge in [0.15, 0.2) is 0 Å². The maximum absolute atomic E-state index is 13.4. The molecule has 0 saturated heterocycles. The molecule has 1 aromatic carbocycles. The average Bonchev–Trinajstić information content (AvgIpc) is 3.31. The Morgan fingerprint density at radius 1 is 0.829 bits per heavy atom. The minimum atomic E-state index is -1.36. The van der Waals surface area contributed by atoms with E-state index in [1.54, 1.807) is 12.3 Å². The van der Waals surface area contributed by atoms with Gasteiger partial charge in [-0.25, -0.2) is 4.79 Å². The summed E-state index contributed by atoms with van der Waals surface area (Å²) >= 11 is 0. The molecule has 2 rings (SSSR count). The van der Waals surface area contributed by atoms with Crippen LogP contribution >= 0.6 is 0 Å². The fourth-order valence-corrected chi connectivity index (χ4v) is 4.17. The molecule has 5 amide bonds. The molecule has 2 aromatic rings. The van der Waals surface area contributed by atoms with Gasteiger partial charge in [-0.1, -0.05) is 18.2 Å². The van der Waals surface area contributed by atoms with E-state index in [4.69, 9.17) is 22.9 Å². The van der Waals surface area contributed by atoms with Crippen molar-refractivity contribution in [3.8, 4) is 0 Å². The van der Waals surface area contributed by atoms with Crippen LogP contribution in [-0.2, 0) is 35.2 Å². The molecule has 224 valence electrons. The van der Waals surface area contributed by atoms with E-state index in [1.807, 2.05) is 18.2 Å². The lowest BCUT2D eigenvalue weighted by molar-refractivity contribution is -0.142. The van der Waals surface area contributed by atoms with Crippen molar-refractivity contribution in [3.05, 3.63) is 36.0 Å². The second-order valence-electron chi connectivity index (χ2n) is 9.65. The van der Waals surface area contributed by atoms with Gasteiger partial charge in [0.05, 0.1) is 12.5 Å². The zero-order valence-corrected chi connectivity index (χ0v) is 22.6. The third kappa shape index (κ3) is 10.5. The number of benzene rings is 1. The van der Waals surface area contributed by atoms with Crippen LogP contribution in [-0.4, -0.2) is 76.3 Å². The molecule has 0 spiro atoms. The first-order chi connectivity index (χ1) is 19.4. The molecule has 0 aliphatic heterocycles. The van der Waals surface area contributed by atoms with Gasteiger partial charge in [0.25, 0.3) is 0 Å². The number of aromatic nitrogens is 1. The van der Waals surface area contributed by atoms with Crippen molar-refractivity contribution in [2.45, 2.75) is 69.1 Å². The Bertz CT molecular complexity index is 1250. The third-order valence-electron chi connectivity index (χ3n) is 6.36. The highest BCUT2D eigenvalue weighted by Crippen LogP contribution is 2.19. The van der Waals surface area contributed by atoms with Crippen molar-refractivity contribution >= 4 is 46.4 Å². The molecule has 0 saturated carbocycles. The van der Waals surface area contributed by atoms with Gasteiger partial charge in [-0.05, 0) is 43.9 Å². The second-order valence-corrected chi connectivity index (χ2v) is 9.65. The van der Waals surface area contributed by atoms with Crippen molar-refractivity contribution < 1.29 is 33.9 Å². The highest BCUT2D eigenvalue weighted by atomic mass is 16.4. The summed E-state index contributed by atoms with van der Waals surface area (Å²) in [6.07, 6.45) is 1.79. The smallest absolute Gasteiger partial charge is 0.326 e. The Hall–Kier alpha value is -4.50. The quantitative estimate of drug-likeness (QED) is 0.0876. The van der Waals surface area contributed by atoms with Gasteiger partial charge in [0.1, 0.15) is 18.1 Å². The number of fused-ring (bicyclic) bond motifs is 1. The molecule has 0 aliphatic rings. The first kappa shape index (κ1) is 32.7. The largest absolute Gasteiger partial charge is 0.480 e. The number of nitrogens with two attached hydrogens (primary N) is 4. The number of unbranched alkanes of at least 4 members (excludes halogenated alkanes) is 1. The monoisotopic (exact) mass is 574 g/mol. The number of carbonyl (C=O) groups excluding carboxylic acids is 5. The number of rotatable bonds is 18. The van der Waals surface area contributed by atoms with Gasteiger partial charge in [-0.2, -0.15) is 0 Å². The Morgan fingerprint density at radius 3 is 2.10 bits per heavy atom. The van der Waals surface area contributed by atoms with Crippen LogP contribution in [0.25, 0.3) is 10.9 Å². The van der Waals surface area contributed by atoms with Crippen LogP contribution in [0.15, 0.2) is 30.5 Å². The summed E-state index contributed by atoms with van der Waals surface area (Å²) in [6.45, 7) is 0.362. The van der Waals surface area contributed by atoms with Crippen molar-refractivity contribution in [1.29, 1.82) is 0 Å². The lowest BCUT2D eigenvalue weighted by atomic mass is 10.0. The molecule has 4 atom stereocenters. The molecule has 15 nitrogen and oxygen atoms in total. The Balaban J connectivity index is 2.32. The SMILES string of the molecule is NCCCCC(NC(=O)C(Cc1c[nH]c2ccccc12)NC(=O)C(CCC(N)=O)NC(=O)C(N)CC(N)=O)C(=O)O. The Labute approximate surface area is 236 Å². The number of nitrogens with one attached hydrogen (secondary N) is 4. The van der Waals surface area contributed by atoms with E-state index in [1.165, 1.54) is 0 Å². The number of para-hydroxylation sites is 1. The molecule has 0 aliphatic carbocycles. The van der Waals surface area contributed by atoms with Gasteiger partial charge in [-0.3, -0.25) is 24.0 Å². The van der Waals surface area contributed by atoms with Crippen LogP contribution in [0.4, 0.5) is 0 Å². The Morgan fingerprint density at radius 2 is 1.46 bits per heavy atom. The molecule has 0 fully saturated rings. The highest BCUT2D eigenvalue weighted by molar-refractivity contribution is 5.95. The van der Waals surface area contributed by atoms with Gasteiger partial charge in [-0.15, -0.1) is 0 Å². The molecule has 1 aromatic heterocycles. The van der Waals surface area contributed by atoms with Crippen molar-refractivity contribution in [3.63, 3.8) is 0 Å². The summed E-state index contributed by atoms with van der Waals surface area (Å²) < 4.78 is 0. The summed E-state index contributed by atoms with van der Waals surface area (Å²) in [6, 6.07) is 2.06. The summed E-state index contributed by atoms with van der Waals surface area (Å²) in [7, 11) is 0. The van der Waals surface area contributed by atoms with Gasteiger partial charge >= 0.3 is 5.97 Å². The number of H-pyrrole nitrogens is 1. The molecule has 4 unspecified atom stereocenters. The number of carboxylic acid groups (broad SMARTS) is 1. The fraction of sp³-hybridized carbons (Fsp3) is 0.462. The summed E-state index contributed by atoms with van der Waals surface area (Å²) in [4.78, 5) is 76.7. The van der Waals surface area contributed by atoms with Crippen LogP contribution in [0.1, 0.15) is 44.1 Å². The number of amides is 5.